The molecule has 0 spiro atoms. The molecule has 0 saturated heterocycles. The summed E-state index contributed by atoms with van der Waals surface area (Å²) in [6.45, 7) is 0. The first-order chi connectivity index (χ1) is 5.31. The molecule has 0 atom stereocenters. The highest BCUT2D eigenvalue weighted by Crippen LogP contribution is 2.22. The van der Waals surface area contributed by atoms with Crippen molar-refractivity contribution < 1.29 is 13.6 Å². The van der Waals surface area contributed by atoms with E-state index in [1.165, 1.54) is 6.26 Å². The number of fused-ring (bicyclic) bond motifs is 1. The Bertz CT molecular complexity index is 401. The van der Waals surface area contributed by atoms with E-state index >= 15 is 0 Å². The van der Waals surface area contributed by atoms with E-state index in [2.05, 4.69) is 4.98 Å². The second-order valence-corrected chi connectivity index (χ2v) is 1.98. The van der Waals surface area contributed by atoms with Crippen molar-refractivity contribution in [2.75, 3.05) is 5.73 Å². The van der Waals surface area contributed by atoms with Gasteiger partial charge in [0.2, 0.25) is 17.8 Å². The number of furan rings is 1. The lowest BCUT2D eigenvalue weighted by Gasteiger charge is -1.78. The summed E-state index contributed by atoms with van der Waals surface area (Å²) in [6.07, 6.45) is 1.85. The van der Waals surface area contributed by atoms with E-state index in [1.807, 2.05) is 0 Å². The Labute approximate surface area is 60.8 Å². The lowest BCUT2D eigenvalue weighted by molar-refractivity contribution is 0.109. The highest BCUT2D eigenvalue weighted by Gasteiger charge is 2.10. The summed E-state index contributed by atoms with van der Waals surface area (Å²) in [4.78, 5) is 13.9. The highest BCUT2D eigenvalue weighted by atomic mass is 16.4. The van der Waals surface area contributed by atoms with E-state index in [4.69, 9.17) is 14.6 Å². The van der Waals surface area contributed by atoms with Gasteiger partial charge in [-0.2, -0.15) is 0 Å². The lowest BCUT2D eigenvalue weighted by Crippen LogP contribution is -1.78. The molecule has 2 N–H and O–H groups in total. The van der Waals surface area contributed by atoms with Gasteiger partial charge < -0.3 is 14.6 Å². The van der Waals surface area contributed by atoms with E-state index in [0.29, 0.717) is 17.4 Å². The zero-order valence-electron chi connectivity index (χ0n) is 5.40. The topological polar surface area (TPSA) is 82.3 Å². The smallest absolute Gasteiger partial charge is 0.261 e. The summed E-state index contributed by atoms with van der Waals surface area (Å²) >= 11 is 0. The Morgan fingerprint density at radius 2 is 2.45 bits per heavy atom. The number of hydrogen-bond acceptors (Lipinski definition) is 5. The minimum absolute atomic E-state index is 0.0116. The molecular formula is C6H4N2O3. The third-order valence-corrected chi connectivity index (χ3v) is 1.29. The number of rotatable bonds is 1. The average Bonchev–Trinajstić information content (AvgIpc) is 2.53. The molecule has 0 fully saturated rings. The lowest BCUT2D eigenvalue weighted by atomic mass is 10.5. The number of aromatic nitrogens is 1. The van der Waals surface area contributed by atoms with Crippen LogP contribution in [0.2, 0.25) is 0 Å². The first kappa shape index (κ1) is 5.96. The average molecular weight is 152 g/mol. The largest absolute Gasteiger partial charge is 0.443 e. The third kappa shape index (κ3) is 0.706. The van der Waals surface area contributed by atoms with Crippen LogP contribution in [0.5, 0.6) is 0 Å². The predicted molar refractivity (Wildman–Crippen MR) is 36.1 cm³/mol. The molecule has 11 heavy (non-hydrogen) atoms. The molecule has 0 aliphatic heterocycles. The monoisotopic (exact) mass is 152 g/mol. The number of carbonyl (C=O) groups excluding carboxylic acids is 1. The summed E-state index contributed by atoms with van der Waals surface area (Å²) in [5, 5.41) is 0. The predicted octanol–water partition coefficient (Wildman–Crippen LogP) is 0.816. The maximum atomic E-state index is 10.2. The molecule has 0 radical (unpaired) electrons. The number of carbonyl (C=O) groups is 1. The second kappa shape index (κ2) is 1.85. The van der Waals surface area contributed by atoms with Crippen LogP contribution < -0.4 is 5.73 Å². The minimum Gasteiger partial charge on any atom is -0.443 e. The number of hydrogen-bond donors (Lipinski definition) is 1. The number of aldehydes is 1. The summed E-state index contributed by atoms with van der Waals surface area (Å²) in [7, 11) is 0. The van der Waals surface area contributed by atoms with Gasteiger partial charge in [0, 0.05) is 0 Å². The van der Waals surface area contributed by atoms with Crippen molar-refractivity contribution in [1.29, 1.82) is 0 Å². The van der Waals surface area contributed by atoms with Crippen LogP contribution in [0.1, 0.15) is 10.7 Å². The molecule has 2 heterocycles. The molecule has 0 aromatic carbocycles. The fraction of sp³-hybridized carbons (Fsp3) is 0. The van der Waals surface area contributed by atoms with Crippen molar-refractivity contribution in [3.05, 3.63) is 12.2 Å². The minimum atomic E-state index is 0.0116. The Morgan fingerprint density at radius 1 is 1.64 bits per heavy atom. The van der Waals surface area contributed by atoms with Crippen molar-refractivity contribution in [3.8, 4) is 0 Å². The molecule has 5 nitrogen and oxygen atoms in total. The molecule has 2 rings (SSSR count). The van der Waals surface area contributed by atoms with Crippen molar-refractivity contribution in [2.45, 2.75) is 0 Å². The number of anilines is 1. The standard InChI is InChI=1S/C6H4N2O3/c7-6-5-3(2-10-6)8-4(1-9)11-5/h1-2H,7H2. The number of oxazole rings is 1. The Morgan fingerprint density at radius 3 is 3.09 bits per heavy atom. The number of nitrogens with two attached hydrogens (primary N) is 1. The van der Waals surface area contributed by atoms with Gasteiger partial charge in [-0.05, 0) is 0 Å². The van der Waals surface area contributed by atoms with Gasteiger partial charge in [0.05, 0.1) is 0 Å². The molecule has 2 aromatic rings. The molecule has 0 bridgehead atoms. The van der Waals surface area contributed by atoms with Crippen LogP contribution in [0.25, 0.3) is 11.1 Å². The van der Waals surface area contributed by atoms with E-state index in [1.54, 1.807) is 0 Å². The number of nitrogen functional groups attached to an aromatic ring is 1. The maximum absolute atomic E-state index is 10.2. The fourth-order valence-electron chi connectivity index (χ4n) is 0.829. The SMILES string of the molecule is Nc1occ2nc(C=O)oc12. The molecule has 56 valence electrons. The van der Waals surface area contributed by atoms with E-state index in [-0.39, 0.29) is 11.8 Å². The van der Waals surface area contributed by atoms with Gasteiger partial charge in [-0.1, -0.05) is 0 Å². The summed E-state index contributed by atoms with van der Waals surface area (Å²) in [6, 6.07) is 0. The molecule has 0 unspecified atom stereocenters. The first-order valence-electron chi connectivity index (χ1n) is 2.90. The van der Waals surface area contributed by atoms with Gasteiger partial charge in [-0.3, -0.25) is 4.79 Å². The van der Waals surface area contributed by atoms with Crippen LogP contribution in [-0.4, -0.2) is 11.3 Å². The number of nitrogens with zero attached hydrogens (tertiary/aromatic N) is 1. The molecule has 0 amide bonds. The second-order valence-electron chi connectivity index (χ2n) is 1.98. The molecule has 0 aliphatic rings. The normalized spacial score (nSPS) is 10.5. The van der Waals surface area contributed by atoms with Crippen LogP contribution in [0.15, 0.2) is 15.1 Å². The fourth-order valence-corrected chi connectivity index (χ4v) is 0.829. The summed E-state index contributed by atoms with van der Waals surface area (Å²) < 4.78 is 9.65. The third-order valence-electron chi connectivity index (χ3n) is 1.29. The quantitative estimate of drug-likeness (QED) is 0.611. The van der Waals surface area contributed by atoms with Gasteiger partial charge in [0.25, 0.3) is 5.89 Å². The van der Waals surface area contributed by atoms with E-state index in [0.717, 1.165) is 0 Å². The van der Waals surface area contributed by atoms with Crippen LogP contribution in [0.3, 0.4) is 0 Å². The van der Waals surface area contributed by atoms with Gasteiger partial charge in [0.1, 0.15) is 6.26 Å². The van der Waals surface area contributed by atoms with Crippen LogP contribution in [-0.2, 0) is 0 Å². The summed E-state index contributed by atoms with van der Waals surface area (Å²) in [5.74, 6) is 0.151. The van der Waals surface area contributed by atoms with E-state index < -0.39 is 0 Å². The maximum Gasteiger partial charge on any atom is 0.261 e. The van der Waals surface area contributed by atoms with Crippen LogP contribution in [0.4, 0.5) is 5.88 Å². The van der Waals surface area contributed by atoms with E-state index in [9.17, 15) is 4.79 Å². The summed E-state index contributed by atoms with van der Waals surface area (Å²) in [5.41, 5.74) is 6.12. The van der Waals surface area contributed by atoms with Crippen LogP contribution >= 0.6 is 0 Å². The van der Waals surface area contributed by atoms with Crippen molar-refractivity contribution in [2.24, 2.45) is 0 Å². The van der Waals surface area contributed by atoms with Gasteiger partial charge in [0.15, 0.2) is 5.52 Å². The van der Waals surface area contributed by atoms with Gasteiger partial charge >= 0.3 is 0 Å². The zero-order valence-corrected chi connectivity index (χ0v) is 5.40. The molecule has 0 aliphatic carbocycles. The van der Waals surface area contributed by atoms with Crippen molar-refractivity contribution in [1.82, 2.24) is 4.98 Å². The zero-order chi connectivity index (χ0) is 7.84. The highest BCUT2D eigenvalue weighted by molar-refractivity contribution is 5.84. The van der Waals surface area contributed by atoms with Crippen molar-refractivity contribution in [3.63, 3.8) is 0 Å². The Kier molecular flexibility index (Phi) is 1.00. The Hall–Kier alpha value is -1.78. The van der Waals surface area contributed by atoms with Gasteiger partial charge in [-0.25, -0.2) is 4.98 Å². The molecule has 2 aromatic heterocycles. The first-order valence-corrected chi connectivity index (χ1v) is 2.90. The van der Waals surface area contributed by atoms with Crippen molar-refractivity contribution >= 4 is 23.3 Å². The van der Waals surface area contributed by atoms with Gasteiger partial charge in [-0.15, -0.1) is 0 Å². The Balaban J connectivity index is 2.79. The molecular weight excluding hydrogens is 148 g/mol. The molecule has 5 heteroatoms. The van der Waals surface area contributed by atoms with Crippen LogP contribution in [0, 0.1) is 0 Å². The molecule has 0 saturated carbocycles.